The van der Waals surface area contributed by atoms with Gasteiger partial charge < -0.3 is 9.88 Å². The van der Waals surface area contributed by atoms with Gasteiger partial charge >= 0.3 is 0 Å². The highest BCUT2D eigenvalue weighted by Gasteiger charge is 2.24. The van der Waals surface area contributed by atoms with Crippen molar-refractivity contribution in [3.8, 4) is 6.07 Å². The molecule has 0 radical (unpaired) electrons. The van der Waals surface area contributed by atoms with Gasteiger partial charge in [-0.3, -0.25) is 9.59 Å². The maximum absolute atomic E-state index is 12.4. The lowest BCUT2D eigenvalue weighted by Crippen LogP contribution is -2.27. The number of thiophene rings is 1. The average Bonchev–Trinajstić information content (AvgIpc) is 2.87. The summed E-state index contributed by atoms with van der Waals surface area (Å²) < 4.78 is 1.80. The molecular weight excluding hydrogens is 402 g/mol. The second-order valence-electron chi connectivity index (χ2n) is 6.51. The van der Waals surface area contributed by atoms with Crippen LogP contribution < -0.4 is 10.9 Å². The number of anilines is 1. The summed E-state index contributed by atoms with van der Waals surface area (Å²) in [5.41, 5.74) is 2.30. The summed E-state index contributed by atoms with van der Waals surface area (Å²) in [7, 11) is 0. The van der Waals surface area contributed by atoms with E-state index in [0.29, 0.717) is 21.0 Å². The van der Waals surface area contributed by atoms with Gasteiger partial charge in [0.15, 0.2) is 0 Å². The highest BCUT2D eigenvalue weighted by atomic mass is 79.9. The third-order valence-corrected chi connectivity index (χ3v) is 6.11. The fraction of sp³-hybridized carbons (Fsp3) is 0.389. The predicted molar refractivity (Wildman–Crippen MR) is 102 cm³/mol. The smallest absolute Gasteiger partial charge is 0.265 e. The van der Waals surface area contributed by atoms with Crippen LogP contribution in [0.3, 0.4) is 0 Å². The third-order valence-electron chi connectivity index (χ3n) is 4.37. The van der Waals surface area contributed by atoms with Crippen LogP contribution in [0.15, 0.2) is 21.5 Å². The molecule has 0 aromatic carbocycles. The zero-order valence-electron chi connectivity index (χ0n) is 14.1. The Morgan fingerprint density at radius 1 is 1.56 bits per heavy atom. The summed E-state index contributed by atoms with van der Waals surface area (Å²) >= 11 is 4.70. The van der Waals surface area contributed by atoms with Crippen LogP contribution in [-0.4, -0.2) is 10.5 Å². The van der Waals surface area contributed by atoms with Crippen molar-refractivity contribution >= 4 is 38.2 Å². The van der Waals surface area contributed by atoms with Gasteiger partial charge in [-0.2, -0.15) is 5.26 Å². The van der Waals surface area contributed by atoms with Gasteiger partial charge in [-0.15, -0.1) is 11.3 Å². The second kappa shape index (κ2) is 7.14. The number of fused-ring (bicyclic) bond motifs is 1. The zero-order valence-corrected chi connectivity index (χ0v) is 16.5. The molecule has 130 valence electrons. The molecule has 0 aliphatic heterocycles. The van der Waals surface area contributed by atoms with Crippen molar-refractivity contribution in [2.75, 3.05) is 5.32 Å². The number of aryl methyl sites for hydroxylation is 1. The number of hydrogen-bond acceptors (Lipinski definition) is 4. The Balaban J connectivity index is 1.83. The first-order valence-corrected chi connectivity index (χ1v) is 9.71. The third kappa shape index (κ3) is 3.70. The van der Waals surface area contributed by atoms with Crippen LogP contribution >= 0.6 is 27.3 Å². The lowest BCUT2D eigenvalue weighted by atomic mass is 9.89. The number of carbonyl (C=O) groups is 1. The first-order chi connectivity index (χ1) is 11.9. The minimum Gasteiger partial charge on any atom is -0.315 e. The number of nitrogens with zero attached hydrogens (tertiary/aromatic N) is 2. The van der Waals surface area contributed by atoms with E-state index in [-0.39, 0.29) is 18.0 Å². The van der Waals surface area contributed by atoms with Crippen LogP contribution in [0.2, 0.25) is 0 Å². The normalized spacial score (nSPS) is 16.2. The molecule has 1 amide bonds. The summed E-state index contributed by atoms with van der Waals surface area (Å²) in [6.45, 7) is 3.98. The van der Waals surface area contributed by atoms with Crippen molar-refractivity contribution in [1.82, 2.24) is 4.57 Å². The Bertz CT molecular complexity index is 939. The molecule has 0 spiro atoms. The Hall–Kier alpha value is -1.91. The van der Waals surface area contributed by atoms with Gasteiger partial charge in [0.05, 0.1) is 10.0 Å². The number of pyridine rings is 1. The minimum absolute atomic E-state index is 0.0804. The van der Waals surface area contributed by atoms with E-state index in [1.54, 1.807) is 12.3 Å². The van der Waals surface area contributed by atoms with E-state index in [2.05, 4.69) is 34.2 Å². The van der Waals surface area contributed by atoms with Crippen LogP contribution in [-0.2, 0) is 24.2 Å². The molecule has 2 heterocycles. The van der Waals surface area contributed by atoms with Crippen LogP contribution in [0.5, 0.6) is 0 Å². The summed E-state index contributed by atoms with van der Waals surface area (Å²) in [5.74, 6) is 0.298. The number of nitriles is 1. The number of amides is 1. The standard InChI is InChI=1S/C18H18BrN3O2S/c1-10-3-4-12-13(7-20)17(25-15(12)6-10)21-16(23)9-22-8-11(2)5-14(19)18(22)24/h5,8,10H,3-4,6,9H2,1-2H3,(H,21,23). The summed E-state index contributed by atoms with van der Waals surface area (Å²) in [6.07, 6.45) is 4.56. The van der Waals surface area contributed by atoms with Crippen LogP contribution in [0.1, 0.15) is 34.9 Å². The summed E-state index contributed by atoms with van der Waals surface area (Å²) in [6, 6.07) is 3.96. The number of rotatable bonds is 3. The van der Waals surface area contributed by atoms with E-state index < -0.39 is 0 Å². The molecular formula is C18H18BrN3O2S. The molecule has 1 unspecified atom stereocenters. The number of nitrogens with one attached hydrogen (secondary N) is 1. The maximum atomic E-state index is 12.4. The average molecular weight is 420 g/mol. The van der Waals surface area contributed by atoms with Gasteiger partial charge in [0.2, 0.25) is 5.91 Å². The molecule has 25 heavy (non-hydrogen) atoms. The molecule has 0 fully saturated rings. The highest BCUT2D eigenvalue weighted by Crippen LogP contribution is 2.39. The van der Waals surface area contributed by atoms with Gasteiger partial charge in [0, 0.05) is 11.1 Å². The molecule has 0 bridgehead atoms. The second-order valence-corrected chi connectivity index (χ2v) is 8.47. The molecule has 1 aliphatic carbocycles. The number of halogens is 1. The van der Waals surface area contributed by atoms with Gasteiger partial charge in [0.25, 0.3) is 5.56 Å². The molecule has 2 aromatic rings. The SMILES string of the molecule is Cc1cc(Br)c(=O)n(CC(=O)Nc2sc3c(c2C#N)CCC(C)C3)c1. The highest BCUT2D eigenvalue weighted by molar-refractivity contribution is 9.10. The van der Waals surface area contributed by atoms with Gasteiger partial charge in [-0.1, -0.05) is 6.92 Å². The molecule has 0 saturated heterocycles. The van der Waals surface area contributed by atoms with E-state index in [0.717, 1.165) is 30.4 Å². The van der Waals surface area contributed by atoms with Crippen LogP contribution in [0.4, 0.5) is 5.00 Å². The van der Waals surface area contributed by atoms with E-state index in [1.807, 2.05) is 6.92 Å². The van der Waals surface area contributed by atoms with Crippen molar-refractivity contribution in [2.45, 2.75) is 39.7 Å². The molecule has 2 aromatic heterocycles. The van der Waals surface area contributed by atoms with Crippen molar-refractivity contribution in [3.05, 3.63) is 48.7 Å². The van der Waals surface area contributed by atoms with Crippen molar-refractivity contribution in [2.24, 2.45) is 5.92 Å². The molecule has 5 nitrogen and oxygen atoms in total. The predicted octanol–water partition coefficient (Wildman–Crippen LogP) is 3.62. The summed E-state index contributed by atoms with van der Waals surface area (Å²) in [4.78, 5) is 25.7. The lowest BCUT2D eigenvalue weighted by Gasteiger charge is -2.17. The Morgan fingerprint density at radius 2 is 2.32 bits per heavy atom. The molecule has 1 atom stereocenters. The molecule has 0 saturated carbocycles. The topological polar surface area (TPSA) is 74.9 Å². The minimum atomic E-state index is -0.303. The number of aromatic nitrogens is 1. The van der Waals surface area contributed by atoms with E-state index >= 15 is 0 Å². The molecule has 7 heteroatoms. The molecule has 1 aliphatic rings. The summed E-state index contributed by atoms with van der Waals surface area (Å²) in [5, 5.41) is 12.9. The fourth-order valence-electron chi connectivity index (χ4n) is 3.14. The van der Waals surface area contributed by atoms with Crippen LogP contribution in [0, 0.1) is 24.2 Å². The van der Waals surface area contributed by atoms with Gasteiger partial charge in [0.1, 0.15) is 17.6 Å². The Kier molecular flexibility index (Phi) is 5.11. The van der Waals surface area contributed by atoms with Crippen molar-refractivity contribution in [1.29, 1.82) is 5.26 Å². The lowest BCUT2D eigenvalue weighted by molar-refractivity contribution is -0.116. The van der Waals surface area contributed by atoms with Crippen molar-refractivity contribution in [3.63, 3.8) is 0 Å². The van der Waals surface area contributed by atoms with E-state index in [1.165, 1.54) is 20.8 Å². The molecule has 3 rings (SSSR count). The maximum Gasteiger partial charge on any atom is 0.265 e. The molecule has 1 N–H and O–H groups in total. The van der Waals surface area contributed by atoms with E-state index in [4.69, 9.17) is 0 Å². The Morgan fingerprint density at radius 3 is 3.04 bits per heavy atom. The first-order valence-electron chi connectivity index (χ1n) is 8.10. The Labute approximate surface area is 158 Å². The zero-order chi connectivity index (χ0) is 18.1. The van der Waals surface area contributed by atoms with Crippen LogP contribution in [0.25, 0.3) is 0 Å². The first kappa shape index (κ1) is 17.9. The quantitative estimate of drug-likeness (QED) is 0.824. The fourth-order valence-corrected chi connectivity index (χ4v) is 5.10. The van der Waals surface area contributed by atoms with Crippen molar-refractivity contribution < 1.29 is 4.79 Å². The monoisotopic (exact) mass is 419 g/mol. The van der Waals surface area contributed by atoms with Gasteiger partial charge in [-0.25, -0.2) is 0 Å². The van der Waals surface area contributed by atoms with E-state index in [9.17, 15) is 14.9 Å². The largest absolute Gasteiger partial charge is 0.315 e. The number of hydrogen-bond donors (Lipinski definition) is 1. The van der Waals surface area contributed by atoms with Gasteiger partial charge in [-0.05, 0) is 65.2 Å². The number of carbonyl (C=O) groups excluding carboxylic acids is 1.